The smallest absolute Gasteiger partial charge is 0.257 e. The third-order valence-corrected chi connectivity index (χ3v) is 5.44. The van der Waals surface area contributed by atoms with Crippen LogP contribution in [0.5, 0.6) is 11.6 Å². The van der Waals surface area contributed by atoms with Crippen LogP contribution in [0.3, 0.4) is 0 Å². The molecule has 0 radical (unpaired) electrons. The van der Waals surface area contributed by atoms with Gasteiger partial charge in [-0.2, -0.15) is 13.5 Å². The molecule has 2 aromatic rings. The second kappa shape index (κ2) is 11.0. The molecule has 4 rings (SSSR count). The standard InChI is InChI=1S/C22H29N3O3.CH4.H2S/c1-15-11-18(12-16(2)23-15)14-28-19-5-4-8-25(13-19)17(3)20-6-7-21-22(24-20)27-10-9-26-21;;/h6-7,11-12,17,19H,4-5,8-10,13-14H2,1-3H3;1H4;1H2/t17-,19-;;/m0../s1. The third kappa shape index (κ3) is 5.86. The van der Waals surface area contributed by atoms with Gasteiger partial charge in [-0.25, -0.2) is 4.98 Å². The molecular formula is C23H35N3O3S. The topological polar surface area (TPSA) is 56.7 Å². The fourth-order valence-corrected chi connectivity index (χ4v) is 4.04. The van der Waals surface area contributed by atoms with Gasteiger partial charge in [0.05, 0.1) is 18.4 Å². The van der Waals surface area contributed by atoms with Crippen molar-refractivity contribution in [2.45, 2.75) is 59.8 Å². The van der Waals surface area contributed by atoms with Crippen molar-refractivity contribution in [2.75, 3.05) is 26.3 Å². The van der Waals surface area contributed by atoms with Crippen molar-refractivity contribution < 1.29 is 14.2 Å². The molecule has 0 amide bonds. The Balaban J connectivity index is 0.00000160. The van der Waals surface area contributed by atoms with Gasteiger partial charge in [-0.15, -0.1) is 0 Å². The molecule has 2 aliphatic rings. The highest BCUT2D eigenvalue weighted by Crippen LogP contribution is 2.31. The number of rotatable bonds is 5. The van der Waals surface area contributed by atoms with Crippen molar-refractivity contribution >= 4 is 13.5 Å². The van der Waals surface area contributed by atoms with Crippen molar-refractivity contribution in [3.8, 4) is 11.6 Å². The van der Waals surface area contributed by atoms with Crippen LogP contribution >= 0.6 is 13.5 Å². The van der Waals surface area contributed by atoms with E-state index in [4.69, 9.17) is 14.2 Å². The van der Waals surface area contributed by atoms with E-state index in [1.54, 1.807) is 0 Å². The first-order valence-corrected chi connectivity index (χ1v) is 10.1. The van der Waals surface area contributed by atoms with Gasteiger partial charge in [-0.1, -0.05) is 7.43 Å². The molecule has 1 fully saturated rings. The maximum atomic E-state index is 6.25. The number of pyridine rings is 2. The lowest BCUT2D eigenvalue weighted by molar-refractivity contribution is -0.0204. The Kier molecular flexibility index (Phi) is 8.94. The summed E-state index contributed by atoms with van der Waals surface area (Å²) in [5, 5.41) is 0. The zero-order valence-corrected chi connectivity index (χ0v) is 18.5. The normalized spacial score (nSPS) is 19.4. The summed E-state index contributed by atoms with van der Waals surface area (Å²) in [6.45, 7) is 10.0. The summed E-state index contributed by atoms with van der Waals surface area (Å²) in [7, 11) is 0. The van der Waals surface area contributed by atoms with Crippen molar-refractivity contribution in [3.63, 3.8) is 0 Å². The van der Waals surface area contributed by atoms with Gasteiger partial charge in [-0.05, 0) is 70.0 Å². The highest BCUT2D eigenvalue weighted by atomic mass is 32.1. The SMILES string of the molecule is C.Cc1cc(CO[C@H]2CCCN([C@@H](C)c3ccc4c(n3)OCCO4)C2)cc(C)n1.S. The Bertz CT molecular complexity index is 813. The van der Waals surface area contributed by atoms with E-state index in [2.05, 4.69) is 33.9 Å². The van der Waals surface area contributed by atoms with Crippen LogP contribution in [0.1, 0.15) is 55.9 Å². The minimum absolute atomic E-state index is 0. The molecule has 2 aliphatic heterocycles. The lowest BCUT2D eigenvalue weighted by Crippen LogP contribution is -2.41. The van der Waals surface area contributed by atoms with Crippen LogP contribution in [-0.2, 0) is 11.3 Å². The van der Waals surface area contributed by atoms with E-state index in [1.165, 1.54) is 5.56 Å². The highest BCUT2D eigenvalue weighted by Gasteiger charge is 2.26. The second-order valence-electron chi connectivity index (χ2n) is 7.74. The van der Waals surface area contributed by atoms with Crippen LogP contribution in [-0.4, -0.2) is 47.3 Å². The molecule has 4 heterocycles. The van der Waals surface area contributed by atoms with Gasteiger partial charge < -0.3 is 14.2 Å². The second-order valence-corrected chi connectivity index (χ2v) is 7.74. The van der Waals surface area contributed by atoms with Crippen LogP contribution in [0.4, 0.5) is 0 Å². The largest absolute Gasteiger partial charge is 0.484 e. The van der Waals surface area contributed by atoms with Crippen LogP contribution in [0, 0.1) is 13.8 Å². The zero-order valence-electron chi connectivity index (χ0n) is 17.5. The number of likely N-dealkylation sites (tertiary alicyclic amines) is 1. The maximum absolute atomic E-state index is 6.25. The van der Waals surface area contributed by atoms with Crippen molar-refractivity contribution in [2.24, 2.45) is 0 Å². The number of piperidine rings is 1. The Morgan fingerprint density at radius 1 is 1.13 bits per heavy atom. The third-order valence-electron chi connectivity index (χ3n) is 5.44. The minimum atomic E-state index is 0. The Hall–Kier alpha value is -1.83. The molecule has 0 saturated carbocycles. The molecule has 166 valence electrons. The summed E-state index contributed by atoms with van der Waals surface area (Å²) in [6.07, 6.45) is 2.47. The van der Waals surface area contributed by atoms with Gasteiger partial charge in [0.15, 0.2) is 5.75 Å². The van der Waals surface area contributed by atoms with Gasteiger partial charge >= 0.3 is 0 Å². The van der Waals surface area contributed by atoms with E-state index in [1.807, 2.05) is 26.0 Å². The Morgan fingerprint density at radius 2 is 1.87 bits per heavy atom. The van der Waals surface area contributed by atoms with Gasteiger partial charge in [0, 0.05) is 24.0 Å². The lowest BCUT2D eigenvalue weighted by atomic mass is 10.0. The Labute approximate surface area is 187 Å². The first kappa shape index (κ1) is 24.4. The molecular weight excluding hydrogens is 398 g/mol. The molecule has 2 atom stereocenters. The predicted molar refractivity (Wildman–Crippen MR) is 124 cm³/mol. The summed E-state index contributed by atoms with van der Waals surface area (Å²) in [5.41, 5.74) is 4.30. The molecule has 7 heteroatoms. The van der Waals surface area contributed by atoms with Gasteiger partial charge in [0.25, 0.3) is 5.88 Å². The average Bonchev–Trinajstić information content (AvgIpc) is 2.71. The molecule has 0 unspecified atom stereocenters. The molecule has 0 aliphatic carbocycles. The van der Waals surface area contributed by atoms with E-state index in [9.17, 15) is 0 Å². The predicted octanol–water partition coefficient (Wildman–Crippen LogP) is 4.36. The van der Waals surface area contributed by atoms with Crippen LogP contribution < -0.4 is 9.47 Å². The fraction of sp³-hybridized carbons (Fsp3) is 0.565. The van der Waals surface area contributed by atoms with Crippen LogP contribution in [0.2, 0.25) is 0 Å². The summed E-state index contributed by atoms with van der Waals surface area (Å²) in [5.74, 6) is 1.36. The summed E-state index contributed by atoms with van der Waals surface area (Å²) in [4.78, 5) is 11.6. The maximum Gasteiger partial charge on any atom is 0.257 e. The quantitative estimate of drug-likeness (QED) is 0.698. The van der Waals surface area contributed by atoms with E-state index in [0.29, 0.717) is 25.7 Å². The van der Waals surface area contributed by atoms with Crippen molar-refractivity contribution in [1.82, 2.24) is 14.9 Å². The minimum Gasteiger partial charge on any atom is -0.484 e. The molecule has 1 saturated heterocycles. The molecule has 0 bridgehead atoms. The van der Waals surface area contributed by atoms with E-state index < -0.39 is 0 Å². The number of aryl methyl sites for hydroxylation is 2. The number of fused-ring (bicyclic) bond motifs is 1. The Morgan fingerprint density at radius 3 is 2.63 bits per heavy atom. The molecule has 2 aromatic heterocycles. The van der Waals surface area contributed by atoms with E-state index >= 15 is 0 Å². The first-order valence-electron chi connectivity index (χ1n) is 10.1. The molecule has 0 aromatic carbocycles. The molecule has 6 nitrogen and oxygen atoms in total. The van der Waals surface area contributed by atoms with Crippen LogP contribution in [0.25, 0.3) is 0 Å². The van der Waals surface area contributed by atoms with Gasteiger partial charge in [0.2, 0.25) is 0 Å². The number of aromatic nitrogens is 2. The summed E-state index contributed by atoms with van der Waals surface area (Å²) in [6, 6.07) is 8.45. The van der Waals surface area contributed by atoms with Gasteiger partial charge in [0.1, 0.15) is 13.2 Å². The number of ether oxygens (including phenoxy) is 3. The summed E-state index contributed by atoms with van der Waals surface area (Å²) < 4.78 is 17.5. The number of hydrogen-bond donors (Lipinski definition) is 0. The monoisotopic (exact) mass is 433 g/mol. The highest BCUT2D eigenvalue weighted by molar-refractivity contribution is 7.59. The van der Waals surface area contributed by atoms with E-state index in [0.717, 1.165) is 48.8 Å². The lowest BCUT2D eigenvalue weighted by Gasteiger charge is -2.36. The average molecular weight is 434 g/mol. The van der Waals surface area contributed by atoms with E-state index in [-0.39, 0.29) is 33.1 Å². The fourth-order valence-electron chi connectivity index (χ4n) is 4.04. The molecule has 0 N–H and O–H groups in total. The zero-order chi connectivity index (χ0) is 19.5. The van der Waals surface area contributed by atoms with Crippen molar-refractivity contribution in [3.05, 3.63) is 46.9 Å². The van der Waals surface area contributed by atoms with Crippen molar-refractivity contribution in [1.29, 1.82) is 0 Å². The summed E-state index contributed by atoms with van der Waals surface area (Å²) >= 11 is 0. The van der Waals surface area contributed by atoms with Gasteiger partial charge in [-0.3, -0.25) is 9.88 Å². The molecule has 30 heavy (non-hydrogen) atoms. The first-order chi connectivity index (χ1) is 13.6. The number of hydrogen-bond acceptors (Lipinski definition) is 6. The van der Waals surface area contributed by atoms with Crippen LogP contribution in [0.15, 0.2) is 24.3 Å². The number of nitrogens with zero attached hydrogens (tertiary/aromatic N) is 3. The molecule has 0 spiro atoms.